The van der Waals surface area contributed by atoms with Gasteiger partial charge in [0.05, 0.1) is 32.8 Å². The van der Waals surface area contributed by atoms with E-state index in [-0.39, 0.29) is 0 Å². The lowest BCUT2D eigenvalue weighted by molar-refractivity contribution is 0.0127. The molecule has 0 amide bonds. The van der Waals surface area contributed by atoms with Gasteiger partial charge in [0.15, 0.2) is 11.5 Å². The summed E-state index contributed by atoms with van der Waals surface area (Å²) in [5, 5.41) is 0.870. The molecule has 1 unspecified atom stereocenters. The molecule has 2 aromatic rings. The fraction of sp³-hybridized carbons (Fsp3) is 0.579. The van der Waals surface area contributed by atoms with E-state index >= 15 is 0 Å². The second-order valence-corrected chi connectivity index (χ2v) is 6.44. The van der Waals surface area contributed by atoms with Crippen molar-refractivity contribution in [3.05, 3.63) is 12.4 Å². The van der Waals surface area contributed by atoms with Crippen molar-refractivity contribution in [2.75, 3.05) is 46.4 Å². The Labute approximate surface area is 154 Å². The highest BCUT2D eigenvalue weighted by Gasteiger charge is 2.21. The summed E-state index contributed by atoms with van der Waals surface area (Å²) >= 11 is 0. The minimum absolute atomic E-state index is 0.337. The van der Waals surface area contributed by atoms with Crippen LogP contribution in [0.25, 0.3) is 10.9 Å². The van der Waals surface area contributed by atoms with Gasteiger partial charge in [-0.3, -0.25) is 0 Å². The normalized spacial score (nSPS) is 17.2. The van der Waals surface area contributed by atoms with Crippen LogP contribution in [0.1, 0.15) is 25.7 Å². The Morgan fingerprint density at radius 2 is 1.92 bits per heavy atom. The Balaban J connectivity index is 1.92. The molecule has 0 bridgehead atoms. The minimum Gasteiger partial charge on any atom is -0.493 e. The summed E-state index contributed by atoms with van der Waals surface area (Å²) in [5.74, 6) is 2.52. The SMILES string of the molecule is COc1cc2c(N(C)CCC3CCCCO3)ncnc2c(OC)c1OC. The smallest absolute Gasteiger partial charge is 0.205 e. The van der Waals surface area contributed by atoms with Crippen LogP contribution < -0.4 is 19.1 Å². The molecule has 7 nitrogen and oxygen atoms in total. The second kappa shape index (κ2) is 8.40. The van der Waals surface area contributed by atoms with Crippen LogP contribution in [0.2, 0.25) is 0 Å². The zero-order chi connectivity index (χ0) is 18.5. The van der Waals surface area contributed by atoms with E-state index in [2.05, 4.69) is 14.9 Å². The van der Waals surface area contributed by atoms with Gasteiger partial charge in [0.1, 0.15) is 17.7 Å². The maximum absolute atomic E-state index is 5.84. The van der Waals surface area contributed by atoms with Gasteiger partial charge in [0.25, 0.3) is 0 Å². The maximum Gasteiger partial charge on any atom is 0.205 e. The molecule has 1 fully saturated rings. The van der Waals surface area contributed by atoms with Crippen molar-refractivity contribution in [3.8, 4) is 17.2 Å². The van der Waals surface area contributed by atoms with E-state index < -0.39 is 0 Å². The van der Waals surface area contributed by atoms with Gasteiger partial charge in [-0.2, -0.15) is 0 Å². The van der Waals surface area contributed by atoms with E-state index in [0.717, 1.165) is 37.2 Å². The monoisotopic (exact) mass is 361 g/mol. The van der Waals surface area contributed by atoms with Crippen LogP contribution in [-0.2, 0) is 4.74 Å². The van der Waals surface area contributed by atoms with Crippen LogP contribution >= 0.6 is 0 Å². The van der Waals surface area contributed by atoms with Crippen LogP contribution in [-0.4, -0.2) is 57.6 Å². The van der Waals surface area contributed by atoms with Gasteiger partial charge >= 0.3 is 0 Å². The van der Waals surface area contributed by atoms with Crippen LogP contribution in [0.5, 0.6) is 17.2 Å². The number of anilines is 1. The third kappa shape index (κ3) is 3.62. The average Bonchev–Trinajstić information content (AvgIpc) is 2.70. The molecule has 0 N–H and O–H groups in total. The zero-order valence-corrected chi connectivity index (χ0v) is 15.9. The first-order chi connectivity index (χ1) is 12.7. The summed E-state index contributed by atoms with van der Waals surface area (Å²) in [7, 11) is 6.83. The molecule has 1 saturated heterocycles. The molecule has 142 valence electrons. The van der Waals surface area contributed by atoms with E-state index in [4.69, 9.17) is 18.9 Å². The van der Waals surface area contributed by atoms with E-state index in [1.165, 1.54) is 12.8 Å². The Kier molecular flexibility index (Phi) is 5.98. The first-order valence-corrected chi connectivity index (χ1v) is 8.96. The molecule has 0 spiro atoms. The number of fused-ring (bicyclic) bond motifs is 1. The van der Waals surface area contributed by atoms with Crippen molar-refractivity contribution < 1.29 is 18.9 Å². The molecular weight excluding hydrogens is 334 g/mol. The molecule has 26 heavy (non-hydrogen) atoms. The summed E-state index contributed by atoms with van der Waals surface area (Å²) in [6.45, 7) is 1.73. The molecule has 1 aromatic heterocycles. The van der Waals surface area contributed by atoms with Crippen molar-refractivity contribution in [1.82, 2.24) is 9.97 Å². The number of nitrogens with zero attached hydrogens (tertiary/aromatic N) is 3. The van der Waals surface area contributed by atoms with Crippen LogP contribution in [0.3, 0.4) is 0 Å². The lowest BCUT2D eigenvalue weighted by Crippen LogP contribution is -2.27. The number of ether oxygens (including phenoxy) is 4. The zero-order valence-electron chi connectivity index (χ0n) is 15.9. The van der Waals surface area contributed by atoms with Gasteiger partial charge in [-0.05, 0) is 31.7 Å². The van der Waals surface area contributed by atoms with E-state index in [1.807, 2.05) is 13.1 Å². The largest absolute Gasteiger partial charge is 0.493 e. The standard InChI is InChI=1S/C19H27N3O4/c1-22(9-8-13-7-5-6-10-26-13)19-14-11-15(23-2)17(24-3)18(25-4)16(14)20-12-21-19/h11-13H,5-10H2,1-4H3. The fourth-order valence-corrected chi connectivity index (χ4v) is 3.43. The lowest BCUT2D eigenvalue weighted by atomic mass is 10.1. The maximum atomic E-state index is 5.84. The first-order valence-electron chi connectivity index (χ1n) is 8.96. The number of hydrogen-bond acceptors (Lipinski definition) is 7. The van der Waals surface area contributed by atoms with Crippen molar-refractivity contribution in [2.24, 2.45) is 0 Å². The molecule has 1 aromatic carbocycles. The second-order valence-electron chi connectivity index (χ2n) is 6.44. The highest BCUT2D eigenvalue weighted by Crippen LogP contribution is 2.44. The van der Waals surface area contributed by atoms with Gasteiger partial charge in [0.2, 0.25) is 5.75 Å². The first kappa shape index (κ1) is 18.5. The number of methoxy groups -OCH3 is 3. The van der Waals surface area contributed by atoms with Gasteiger partial charge in [0, 0.05) is 20.2 Å². The topological polar surface area (TPSA) is 65.9 Å². The molecule has 7 heteroatoms. The molecule has 1 aliphatic rings. The quantitative estimate of drug-likeness (QED) is 0.751. The molecule has 0 aliphatic carbocycles. The molecule has 0 radical (unpaired) electrons. The summed E-state index contributed by atoms with van der Waals surface area (Å²) in [5.41, 5.74) is 0.705. The van der Waals surface area contributed by atoms with Gasteiger partial charge in [-0.25, -0.2) is 9.97 Å². The van der Waals surface area contributed by atoms with E-state index in [1.54, 1.807) is 27.7 Å². The number of rotatable bonds is 7. The predicted octanol–water partition coefficient (Wildman–Crippen LogP) is 3.05. The molecule has 2 heterocycles. The van der Waals surface area contributed by atoms with Gasteiger partial charge in [-0.1, -0.05) is 0 Å². The molecular formula is C19H27N3O4. The van der Waals surface area contributed by atoms with Crippen LogP contribution in [0.15, 0.2) is 12.4 Å². The summed E-state index contributed by atoms with van der Waals surface area (Å²) in [6.07, 6.45) is 6.43. The highest BCUT2D eigenvalue weighted by molar-refractivity contribution is 5.96. The molecule has 1 atom stereocenters. The Hall–Kier alpha value is -2.28. The van der Waals surface area contributed by atoms with Gasteiger partial charge in [-0.15, -0.1) is 0 Å². The molecule has 1 aliphatic heterocycles. The number of hydrogen-bond donors (Lipinski definition) is 0. The van der Waals surface area contributed by atoms with Crippen LogP contribution in [0.4, 0.5) is 5.82 Å². The Morgan fingerprint density at radius 1 is 1.12 bits per heavy atom. The third-order valence-electron chi connectivity index (χ3n) is 4.83. The number of benzene rings is 1. The number of aromatic nitrogens is 2. The third-order valence-corrected chi connectivity index (χ3v) is 4.83. The summed E-state index contributed by atoms with van der Waals surface area (Å²) in [4.78, 5) is 11.0. The fourth-order valence-electron chi connectivity index (χ4n) is 3.43. The van der Waals surface area contributed by atoms with Crippen molar-refractivity contribution in [1.29, 1.82) is 0 Å². The van der Waals surface area contributed by atoms with Crippen molar-refractivity contribution in [3.63, 3.8) is 0 Å². The highest BCUT2D eigenvalue weighted by atomic mass is 16.5. The van der Waals surface area contributed by atoms with Gasteiger partial charge < -0.3 is 23.8 Å². The summed E-state index contributed by atoms with van der Waals surface area (Å²) < 4.78 is 22.3. The predicted molar refractivity (Wildman–Crippen MR) is 101 cm³/mol. The van der Waals surface area contributed by atoms with Crippen LogP contribution in [0, 0.1) is 0 Å². The average molecular weight is 361 g/mol. The van der Waals surface area contributed by atoms with E-state index in [9.17, 15) is 0 Å². The Bertz CT molecular complexity index is 747. The Morgan fingerprint density at radius 3 is 2.58 bits per heavy atom. The van der Waals surface area contributed by atoms with Crippen molar-refractivity contribution in [2.45, 2.75) is 31.8 Å². The van der Waals surface area contributed by atoms with Crippen molar-refractivity contribution >= 4 is 16.7 Å². The summed E-state index contributed by atoms with van der Waals surface area (Å²) in [6, 6.07) is 1.90. The molecule has 0 saturated carbocycles. The lowest BCUT2D eigenvalue weighted by Gasteiger charge is -2.26. The van der Waals surface area contributed by atoms with E-state index in [0.29, 0.717) is 28.9 Å². The molecule has 3 rings (SSSR count). The minimum atomic E-state index is 0.337.